The second-order valence-corrected chi connectivity index (χ2v) is 4.33. The summed E-state index contributed by atoms with van der Waals surface area (Å²) in [6, 6.07) is 0.925. The van der Waals surface area contributed by atoms with E-state index in [0.717, 1.165) is 0 Å². The zero-order valence-corrected chi connectivity index (χ0v) is 8.73. The number of ether oxygens (including phenoxy) is 1. The van der Waals surface area contributed by atoms with E-state index in [4.69, 9.17) is 5.14 Å². The molecular formula is C8H8F3NO3S. The van der Waals surface area contributed by atoms with Crippen LogP contribution in [0.15, 0.2) is 17.0 Å². The number of hydrogen-bond acceptors (Lipinski definition) is 3. The van der Waals surface area contributed by atoms with Gasteiger partial charge >= 0.3 is 0 Å². The molecule has 0 bridgehead atoms. The molecule has 16 heavy (non-hydrogen) atoms. The molecule has 2 N–H and O–H groups in total. The van der Waals surface area contributed by atoms with Gasteiger partial charge in [-0.2, -0.15) is 0 Å². The average Bonchev–Trinajstić information content (AvgIpc) is 2.14. The van der Waals surface area contributed by atoms with Crippen LogP contribution in [0.1, 0.15) is 0 Å². The summed E-state index contributed by atoms with van der Waals surface area (Å²) in [5.41, 5.74) is 0. The van der Waals surface area contributed by atoms with E-state index in [-0.39, 0.29) is 0 Å². The van der Waals surface area contributed by atoms with E-state index in [2.05, 4.69) is 4.74 Å². The number of benzene rings is 1. The third-order valence-corrected chi connectivity index (χ3v) is 2.52. The maximum absolute atomic E-state index is 13.2. The van der Waals surface area contributed by atoms with Gasteiger partial charge in [0.1, 0.15) is 24.0 Å². The molecule has 1 rings (SSSR count). The Bertz CT molecular complexity index is 490. The highest BCUT2D eigenvalue weighted by Crippen LogP contribution is 2.27. The molecule has 4 nitrogen and oxygen atoms in total. The molecule has 0 fully saturated rings. The number of alkyl halides is 1. The van der Waals surface area contributed by atoms with E-state index >= 15 is 0 Å². The molecule has 0 amide bonds. The first-order valence-corrected chi connectivity index (χ1v) is 5.61. The average molecular weight is 255 g/mol. The Morgan fingerprint density at radius 2 is 1.94 bits per heavy atom. The maximum atomic E-state index is 13.2. The van der Waals surface area contributed by atoms with Gasteiger partial charge in [0, 0.05) is 6.07 Å². The minimum absolute atomic E-state index is 0.419. The van der Waals surface area contributed by atoms with Gasteiger partial charge in [-0.15, -0.1) is 0 Å². The van der Waals surface area contributed by atoms with Crippen LogP contribution in [0.25, 0.3) is 0 Å². The summed E-state index contributed by atoms with van der Waals surface area (Å²) in [6.07, 6.45) is 0. The fourth-order valence-electron chi connectivity index (χ4n) is 1.03. The molecule has 0 radical (unpaired) electrons. The van der Waals surface area contributed by atoms with E-state index < -0.39 is 45.6 Å². The van der Waals surface area contributed by atoms with Crippen molar-refractivity contribution in [2.45, 2.75) is 4.90 Å². The predicted molar refractivity (Wildman–Crippen MR) is 49.2 cm³/mol. The van der Waals surface area contributed by atoms with Crippen molar-refractivity contribution in [2.24, 2.45) is 5.14 Å². The van der Waals surface area contributed by atoms with E-state index in [1.54, 1.807) is 0 Å². The third kappa shape index (κ3) is 2.86. The SMILES string of the molecule is NS(=O)(=O)c1cc(F)cc(F)c1OCCF. The molecule has 0 aliphatic carbocycles. The van der Waals surface area contributed by atoms with Crippen LogP contribution in [0.4, 0.5) is 13.2 Å². The molecular weight excluding hydrogens is 247 g/mol. The molecule has 0 aliphatic heterocycles. The van der Waals surface area contributed by atoms with Gasteiger partial charge in [0.2, 0.25) is 10.0 Å². The van der Waals surface area contributed by atoms with Crippen molar-refractivity contribution >= 4 is 10.0 Å². The number of rotatable bonds is 4. The standard InChI is InChI=1S/C8H8F3NO3S/c9-1-2-15-8-6(11)3-5(10)4-7(8)16(12,13)14/h3-4H,1-2H2,(H2,12,13,14). The summed E-state index contributed by atoms with van der Waals surface area (Å²) < 4.78 is 64.3. The molecule has 0 spiro atoms. The molecule has 0 heterocycles. The first kappa shape index (κ1) is 12.8. The van der Waals surface area contributed by atoms with Gasteiger partial charge in [-0.05, 0) is 6.07 Å². The monoisotopic (exact) mass is 255 g/mol. The highest BCUT2D eigenvalue weighted by molar-refractivity contribution is 7.89. The van der Waals surface area contributed by atoms with Gasteiger partial charge in [-0.1, -0.05) is 0 Å². The van der Waals surface area contributed by atoms with Crippen LogP contribution in [-0.4, -0.2) is 21.7 Å². The first-order chi connectivity index (χ1) is 7.36. The maximum Gasteiger partial charge on any atom is 0.241 e. The minimum Gasteiger partial charge on any atom is -0.486 e. The molecule has 1 aromatic rings. The quantitative estimate of drug-likeness (QED) is 0.871. The van der Waals surface area contributed by atoms with Crippen LogP contribution < -0.4 is 9.88 Å². The molecule has 8 heteroatoms. The number of primary sulfonamides is 1. The first-order valence-electron chi connectivity index (χ1n) is 4.07. The smallest absolute Gasteiger partial charge is 0.241 e. The van der Waals surface area contributed by atoms with Crippen LogP contribution in [0.3, 0.4) is 0 Å². The van der Waals surface area contributed by atoms with Gasteiger partial charge < -0.3 is 4.74 Å². The molecule has 0 aliphatic rings. The Balaban J connectivity index is 3.33. The van der Waals surface area contributed by atoms with Crippen LogP contribution in [-0.2, 0) is 10.0 Å². The van der Waals surface area contributed by atoms with Crippen LogP contribution in [0.2, 0.25) is 0 Å². The summed E-state index contributed by atoms with van der Waals surface area (Å²) in [6.45, 7) is -1.49. The normalized spacial score (nSPS) is 11.5. The van der Waals surface area contributed by atoms with Crippen molar-refractivity contribution in [2.75, 3.05) is 13.3 Å². The summed E-state index contributed by atoms with van der Waals surface area (Å²) in [5.74, 6) is -3.15. The largest absolute Gasteiger partial charge is 0.486 e. The Morgan fingerprint density at radius 1 is 1.31 bits per heavy atom. The molecule has 0 aromatic heterocycles. The summed E-state index contributed by atoms with van der Waals surface area (Å²) >= 11 is 0. The number of halogens is 3. The van der Waals surface area contributed by atoms with Crippen LogP contribution >= 0.6 is 0 Å². The van der Waals surface area contributed by atoms with Gasteiger partial charge in [-0.25, -0.2) is 26.7 Å². The highest BCUT2D eigenvalue weighted by Gasteiger charge is 2.21. The van der Waals surface area contributed by atoms with Gasteiger partial charge in [0.05, 0.1) is 0 Å². The van der Waals surface area contributed by atoms with Crippen molar-refractivity contribution in [3.05, 3.63) is 23.8 Å². The van der Waals surface area contributed by atoms with Crippen LogP contribution in [0, 0.1) is 11.6 Å². The minimum atomic E-state index is -4.34. The number of nitrogens with two attached hydrogens (primary N) is 1. The number of hydrogen-bond donors (Lipinski definition) is 1. The zero-order chi connectivity index (χ0) is 12.3. The van der Waals surface area contributed by atoms with Crippen molar-refractivity contribution in [1.82, 2.24) is 0 Å². The molecule has 90 valence electrons. The second-order valence-electron chi connectivity index (χ2n) is 2.80. The molecule has 0 saturated carbocycles. The third-order valence-electron chi connectivity index (χ3n) is 1.60. The molecule has 1 aromatic carbocycles. The topological polar surface area (TPSA) is 69.4 Å². The van der Waals surface area contributed by atoms with E-state index in [1.165, 1.54) is 0 Å². The lowest BCUT2D eigenvalue weighted by molar-refractivity contribution is 0.255. The fourth-order valence-corrected chi connectivity index (χ4v) is 1.72. The Morgan fingerprint density at radius 3 is 2.44 bits per heavy atom. The van der Waals surface area contributed by atoms with Crippen LogP contribution in [0.5, 0.6) is 5.75 Å². The van der Waals surface area contributed by atoms with Gasteiger partial charge in [0.15, 0.2) is 11.6 Å². The van der Waals surface area contributed by atoms with Crippen molar-refractivity contribution in [3.63, 3.8) is 0 Å². The van der Waals surface area contributed by atoms with Crippen molar-refractivity contribution < 1.29 is 26.3 Å². The summed E-state index contributed by atoms with van der Waals surface area (Å²) in [4.78, 5) is -0.849. The lowest BCUT2D eigenvalue weighted by atomic mass is 10.3. The molecule has 0 saturated heterocycles. The van der Waals surface area contributed by atoms with Crippen molar-refractivity contribution in [1.29, 1.82) is 0 Å². The Hall–Kier alpha value is -1.28. The zero-order valence-electron chi connectivity index (χ0n) is 7.91. The fraction of sp³-hybridized carbons (Fsp3) is 0.250. The lowest BCUT2D eigenvalue weighted by Gasteiger charge is -2.09. The second kappa shape index (κ2) is 4.71. The van der Waals surface area contributed by atoms with Crippen molar-refractivity contribution in [3.8, 4) is 5.75 Å². The molecule has 0 atom stereocenters. The van der Waals surface area contributed by atoms with Gasteiger partial charge in [0.25, 0.3) is 0 Å². The predicted octanol–water partition coefficient (Wildman–Crippen LogP) is 0.961. The van der Waals surface area contributed by atoms with Gasteiger partial charge in [-0.3, -0.25) is 0 Å². The van der Waals surface area contributed by atoms with E-state index in [9.17, 15) is 21.6 Å². The Kier molecular flexibility index (Phi) is 3.76. The number of sulfonamides is 1. The summed E-state index contributed by atoms with van der Waals surface area (Å²) in [7, 11) is -4.34. The van der Waals surface area contributed by atoms with E-state index in [1.807, 2.05) is 0 Å². The highest BCUT2D eigenvalue weighted by atomic mass is 32.2. The molecule has 0 unspecified atom stereocenters. The Labute approximate surface area is 89.9 Å². The lowest BCUT2D eigenvalue weighted by Crippen LogP contribution is -2.16. The van der Waals surface area contributed by atoms with E-state index in [0.29, 0.717) is 12.1 Å². The summed E-state index contributed by atoms with van der Waals surface area (Å²) in [5, 5.41) is 4.73.